The minimum absolute atomic E-state index is 0.0561. The summed E-state index contributed by atoms with van der Waals surface area (Å²) in [4.78, 5) is 27.6. The molecule has 4 heterocycles. The Labute approximate surface area is 162 Å². The van der Waals surface area contributed by atoms with Crippen LogP contribution in [0.2, 0.25) is 0 Å². The van der Waals surface area contributed by atoms with Gasteiger partial charge >= 0.3 is 0 Å². The van der Waals surface area contributed by atoms with Gasteiger partial charge in [0, 0.05) is 13.2 Å². The number of hydrogen-bond acceptors (Lipinski definition) is 5. The minimum Gasteiger partial charge on any atom is -0.376 e. The fraction of sp³-hybridized carbons (Fsp3) is 0.429. The van der Waals surface area contributed by atoms with Crippen molar-refractivity contribution >= 4 is 33.2 Å². The van der Waals surface area contributed by atoms with E-state index in [9.17, 15) is 4.79 Å². The highest BCUT2D eigenvalue weighted by atomic mass is 16.5. The van der Waals surface area contributed by atoms with Gasteiger partial charge in [0.05, 0.1) is 30.0 Å². The van der Waals surface area contributed by atoms with Crippen LogP contribution in [0.15, 0.2) is 35.4 Å². The fourth-order valence-corrected chi connectivity index (χ4v) is 4.03. The van der Waals surface area contributed by atoms with E-state index in [2.05, 4.69) is 18.8 Å². The Morgan fingerprint density at radius 1 is 1.18 bits per heavy atom. The molecule has 0 unspecified atom stereocenters. The first-order valence-corrected chi connectivity index (χ1v) is 9.87. The van der Waals surface area contributed by atoms with Gasteiger partial charge in [-0.25, -0.2) is 15.0 Å². The van der Waals surface area contributed by atoms with Gasteiger partial charge in [0.1, 0.15) is 10.9 Å². The van der Waals surface area contributed by atoms with Crippen LogP contribution in [0.4, 0.5) is 0 Å². The Morgan fingerprint density at radius 2 is 1.96 bits per heavy atom. The summed E-state index contributed by atoms with van der Waals surface area (Å²) in [6.07, 6.45) is 3.83. The lowest BCUT2D eigenvalue weighted by Gasteiger charge is -2.12. The number of nitrogens with zero attached hydrogens (tertiary/aromatic N) is 5. The van der Waals surface area contributed by atoms with Crippen LogP contribution in [0.5, 0.6) is 0 Å². The van der Waals surface area contributed by atoms with Crippen LogP contribution in [0, 0.1) is 5.92 Å². The molecule has 1 fully saturated rings. The molecule has 144 valence electrons. The Morgan fingerprint density at radius 3 is 2.68 bits per heavy atom. The van der Waals surface area contributed by atoms with Crippen molar-refractivity contribution in [3.8, 4) is 0 Å². The summed E-state index contributed by atoms with van der Waals surface area (Å²) >= 11 is 0. The predicted molar refractivity (Wildman–Crippen MR) is 108 cm³/mol. The normalized spacial score (nSPS) is 17.5. The molecule has 28 heavy (non-hydrogen) atoms. The van der Waals surface area contributed by atoms with E-state index in [-0.39, 0.29) is 11.7 Å². The first-order valence-electron chi connectivity index (χ1n) is 9.87. The van der Waals surface area contributed by atoms with Gasteiger partial charge in [0.15, 0.2) is 11.3 Å². The van der Waals surface area contributed by atoms with E-state index in [1.165, 1.54) is 0 Å². The number of aromatic nitrogens is 5. The summed E-state index contributed by atoms with van der Waals surface area (Å²) in [6, 6.07) is 7.75. The van der Waals surface area contributed by atoms with Crippen molar-refractivity contribution in [3.63, 3.8) is 0 Å². The number of hydrogen-bond donors (Lipinski definition) is 0. The summed E-state index contributed by atoms with van der Waals surface area (Å²) in [5, 5.41) is 0.550. The van der Waals surface area contributed by atoms with Crippen molar-refractivity contribution in [2.24, 2.45) is 5.92 Å². The van der Waals surface area contributed by atoms with Crippen LogP contribution in [0.3, 0.4) is 0 Å². The van der Waals surface area contributed by atoms with Crippen molar-refractivity contribution in [2.75, 3.05) is 6.61 Å². The molecule has 4 aromatic rings. The molecule has 1 aromatic carbocycles. The maximum absolute atomic E-state index is 13.3. The molecule has 0 N–H and O–H groups in total. The Bertz CT molecular complexity index is 1230. The third-order valence-corrected chi connectivity index (χ3v) is 5.29. The average molecular weight is 377 g/mol. The highest BCUT2D eigenvalue weighted by molar-refractivity contribution is 6.04. The first-order chi connectivity index (χ1) is 13.6. The first kappa shape index (κ1) is 17.3. The predicted octanol–water partition coefficient (Wildman–Crippen LogP) is 3.13. The van der Waals surface area contributed by atoms with Gasteiger partial charge < -0.3 is 9.30 Å². The van der Waals surface area contributed by atoms with E-state index >= 15 is 0 Å². The lowest BCUT2D eigenvalue weighted by Crippen LogP contribution is -2.23. The van der Waals surface area contributed by atoms with Crippen LogP contribution >= 0.6 is 0 Å². The molecule has 1 atom stereocenters. The molecular formula is C21H23N5O2. The zero-order chi connectivity index (χ0) is 19.3. The van der Waals surface area contributed by atoms with Crippen molar-refractivity contribution in [1.29, 1.82) is 0 Å². The van der Waals surface area contributed by atoms with E-state index in [4.69, 9.17) is 14.7 Å². The fourth-order valence-electron chi connectivity index (χ4n) is 4.03. The molecule has 0 saturated carbocycles. The van der Waals surface area contributed by atoms with Gasteiger partial charge in [0.25, 0.3) is 5.56 Å². The van der Waals surface area contributed by atoms with Crippen LogP contribution in [-0.4, -0.2) is 36.8 Å². The summed E-state index contributed by atoms with van der Waals surface area (Å²) in [5.41, 5.74) is 3.52. The number of benzene rings is 1. The average Bonchev–Trinajstić information content (AvgIpc) is 3.29. The van der Waals surface area contributed by atoms with E-state index < -0.39 is 0 Å². The monoisotopic (exact) mass is 377 g/mol. The van der Waals surface area contributed by atoms with E-state index in [1.54, 1.807) is 10.9 Å². The molecule has 1 aliphatic rings. The van der Waals surface area contributed by atoms with Crippen LogP contribution in [0.1, 0.15) is 26.7 Å². The van der Waals surface area contributed by atoms with E-state index in [1.807, 2.05) is 28.8 Å². The maximum atomic E-state index is 13.3. The quantitative estimate of drug-likeness (QED) is 0.546. The molecule has 1 aliphatic heterocycles. The lowest BCUT2D eigenvalue weighted by molar-refractivity contribution is 0.0987. The smallest absolute Gasteiger partial charge is 0.265 e. The molecule has 3 aromatic heterocycles. The van der Waals surface area contributed by atoms with E-state index in [0.717, 1.165) is 30.5 Å². The van der Waals surface area contributed by atoms with E-state index in [0.29, 0.717) is 41.2 Å². The Balaban J connectivity index is 1.82. The standard InChI is InChI=1S/C21H23N5O2/c1-13(2)10-25-12-22-19-17(21(25)27)18-20(26(19)11-14-6-5-9-28-14)24-16-8-4-3-7-15(16)23-18/h3-4,7-8,12-14H,5-6,9-11H2,1-2H3/t14-/m1/s1. The highest BCUT2D eigenvalue weighted by Crippen LogP contribution is 2.27. The topological polar surface area (TPSA) is 74.8 Å². The largest absolute Gasteiger partial charge is 0.376 e. The SMILES string of the molecule is CC(C)Cn1cnc2c(c1=O)c1nc3ccccc3nc1n2C[C@H]1CCCO1. The second-order valence-electron chi connectivity index (χ2n) is 7.92. The maximum Gasteiger partial charge on any atom is 0.265 e. The lowest BCUT2D eigenvalue weighted by atomic mass is 10.2. The summed E-state index contributed by atoms with van der Waals surface area (Å²) in [6.45, 7) is 6.22. The molecule has 7 heteroatoms. The van der Waals surface area contributed by atoms with Gasteiger partial charge in [0.2, 0.25) is 0 Å². The number of fused-ring (bicyclic) bond motifs is 4. The zero-order valence-electron chi connectivity index (χ0n) is 16.1. The summed E-state index contributed by atoms with van der Waals surface area (Å²) in [5.74, 6) is 0.351. The number of rotatable bonds is 4. The molecule has 1 saturated heterocycles. The van der Waals surface area contributed by atoms with Crippen LogP contribution < -0.4 is 5.56 Å². The van der Waals surface area contributed by atoms with Gasteiger partial charge in [-0.05, 0) is 30.9 Å². The van der Waals surface area contributed by atoms with Crippen molar-refractivity contribution in [3.05, 3.63) is 40.9 Å². The van der Waals surface area contributed by atoms with Crippen LogP contribution in [-0.2, 0) is 17.8 Å². The van der Waals surface area contributed by atoms with Gasteiger partial charge in [-0.1, -0.05) is 26.0 Å². The molecule has 0 aliphatic carbocycles. The molecule has 0 spiro atoms. The number of para-hydroxylation sites is 2. The number of ether oxygens (including phenoxy) is 1. The van der Waals surface area contributed by atoms with Crippen molar-refractivity contribution in [1.82, 2.24) is 24.1 Å². The minimum atomic E-state index is -0.0561. The van der Waals surface area contributed by atoms with Crippen molar-refractivity contribution < 1.29 is 4.74 Å². The summed E-state index contributed by atoms with van der Waals surface area (Å²) in [7, 11) is 0. The van der Waals surface area contributed by atoms with Crippen molar-refractivity contribution in [2.45, 2.75) is 45.9 Å². The van der Waals surface area contributed by atoms with Gasteiger partial charge in [-0.3, -0.25) is 9.36 Å². The molecular weight excluding hydrogens is 354 g/mol. The van der Waals surface area contributed by atoms with Gasteiger partial charge in [-0.2, -0.15) is 0 Å². The molecule has 0 amide bonds. The third-order valence-electron chi connectivity index (χ3n) is 5.29. The molecule has 7 nitrogen and oxygen atoms in total. The van der Waals surface area contributed by atoms with Crippen LogP contribution in [0.25, 0.3) is 33.2 Å². The Hall–Kier alpha value is -2.80. The highest BCUT2D eigenvalue weighted by Gasteiger charge is 2.23. The molecule has 5 rings (SSSR count). The molecule has 0 bridgehead atoms. The summed E-state index contributed by atoms with van der Waals surface area (Å²) < 4.78 is 9.53. The Kier molecular flexibility index (Phi) is 4.12. The van der Waals surface area contributed by atoms with Gasteiger partial charge in [-0.15, -0.1) is 0 Å². The molecule has 0 radical (unpaired) electrons. The second kappa shape index (κ2) is 6.67. The third kappa shape index (κ3) is 2.77. The second-order valence-corrected chi connectivity index (χ2v) is 7.92. The zero-order valence-corrected chi connectivity index (χ0v) is 16.1.